The maximum Gasteiger partial charge on any atom is 0.120 e. The number of nitrogens with one attached hydrogen (secondary N) is 1. The molecule has 0 aliphatic heterocycles. The number of aromatic nitrogens is 1. The number of ether oxygens (including phenoxy) is 1. The Hall–Kier alpha value is -0.940. The van der Waals surface area contributed by atoms with Gasteiger partial charge in [-0.05, 0) is 56.1 Å². The van der Waals surface area contributed by atoms with E-state index in [0.717, 1.165) is 43.7 Å². The second-order valence-corrected chi connectivity index (χ2v) is 5.11. The predicted octanol–water partition coefficient (Wildman–Crippen LogP) is 3.41. The molecule has 2 rings (SSSR count). The molecular formula is C16H27Cl2N3O. The van der Waals surface area contributed by atoms with E-state index in [4.69, 9.17) is 16.2 Å². The molecule has 0 atom stereocenters. The maximum atomic E-state index is 5.82. The highest BCUT2D eigenvalue weighted by atomic mass is 35.5. The third-order valence-corrected chi connectivity index (χ3v) is 3.52. The number of H-pyrrole nitrogens is 1. The van der Waals surface area contributed by atoms with E-state index in [0.29, 0.717) is 6.54 Å². The van der Waals surface area contributed by atoms with Crippen LogP contribution in [0.1, 0.15) is 31.2 Å². The van der Waals surface area contributed by atoms with Crippen molar-refractivity contribution in [2.24, 2.45) is 11.5 Å². The van der Waals surface area contributed by atoms with E-state index in [2.05, 4.69) is 17.1 Å². The molecule has 126 valence electrons. The fourth-order valence-electron chi connectivity index (χ4n) is 2.40. The van der Waals surface area contributed by atoms with Crippen LogP contribution in [0.4, 0.5) is 0 Å². The van der Waals surface area contributed by atoms with Gasteiger partial charge >= 0.3 is 0 Å². The Labute approximate surface area is 144 Å². The number of fused-ring (bicyclic) bond motifs is 1. The van der Waals surface area contributed by atoms with Crippen LogP contribution in [0.5, 0.6) is 5.75 Å². The molecule has 0 aliphatic rings. The van der Waals surface area contributed by atoms with Gasteiger partial charge in [0.25, 0.3) is 0 Å². The highest BCUT2D eigenvalue weighted by molar-refractivity contribution is 5.86. The molecule has 6 heteroatoms. The first-order chi connectivity index (χ1) is 9.85. The fraction of sp³-hybridized carbons (Fsp3) is 0.500. The van der Waals surface area contributed by atoms with Crippen LogP contribution in [-0.2, 0) is 6.42 Å². The average Bonchev–Trinajstić information content (AvgIpc) is 2.86. The summed E-state index contributed by atoms with van der Waals surface area (Å²) < 4.78 is 5.82. The normalized spacial score (nSPS) is 10.1. The molecule has 1 aromatic carbocycles. The molecule has 2 aromatic rings. The molecule has 4 nitrogen and oxygen atoms in total. The first-order valence-electron chi connectivity index (χ1n) is 7.48. The summed E-state index contributed by atoms with van der Waals surface area (Å²) in [5, 5.41) is 1.22. The van der Waals surface area contributed by atoms with E-state index in [9.17, 15) is 0 Å². The monoisotopic (exact) mass is 347 g/mol. The molecule has 0 radical (unpaired) electrons. The molecule has 0 saturated carbocycles. The van der Waals surface area contributed by atoms with Gasteiger partial charge in [0.05, 0.1) is 6.61 Å². The fourth-order valence-corrected chi connectivity index (χ4v) is 2.40. The Morgan fingerprint density at radius 2 is 1.73 bits per heavy atom. The average molecular weight is 348 g/mol. The van der Waals surface area contributed by atoms with Gasteiger partial charge in [0, 0.05) is 17.1 Å². The molecule has 0 fully saturated rings. The predicted molar refractivity (Wildman–Crippen MR) is 98.6 cm³/mol. The summed E-state index contributed by atoms with van der Waals surface area (Å²) in [5.41, 5.74) is 13.5. The zero-order valence-electron chi connectivity index (χ0n) is 12.8. The Bertz CT molecular complexity index is 531. The van der Waals surface area contributed by atoms with E-state index in [1.54, 1.807) is 0 Å². The number of hydrogen-bond acceptors (Lipinski definition) is 3. The van der Waals surface area contributed by atoms with Crippen LogP contribution in [0.25, 0.3) is 10.9 Å². The minimum absolute atomic E-state index is 0. The van der Waals surface area contributed by atoms with E-state index in [-0.39, 0.29) is 24.8 Å². The van der Waals surface area contributed by atoms with Crippen molar-refractivity contribution < 1.29 is 4.74 Å². The van der Waals surface area contributed by atoms with Crippen molar-refractivity contribution in [3.05, 3.63) is 30.0 Å². The number of unbranched alkanes of at least 4 members (excludes halogenated alkanes) is 3. The maximum absolute atomic E-state index is 5.82. The standard InChI is InChI=1S/C16H25N3O.2ClH/c17-8-3-1-2-4-10-20-14-5-6-16-15(11-14)13(7-9-18)12-19-16;;/h5-6,11-12,19H,1-4,7-10,17-18H2;2*1H. The molecular weight excluding hydrogens is 321 g/mol. The van der Waals surface area contributed by atoms with Gasteiger partial charge in [-0.15, -0.1) is 24.8 Å². The lowest BCUT2D eigenvalue weighted by Crippen LogP contribution is -2.02. The SMILES string of the molecule is Cl.Cl.NCCCCCCOc1ccc2[nH]cc(CCN)c2c1. The lowest BCUT2D eigenvalue weighted by atomic mass is 10.1. The molecule has 0 aliphatic carbocycles. The Morgan fingerprint density at radius 3 is 2.45 bits per heavy atom. The van der Waals surface area contributed by atoms with Crippen molar-refractivity contribution in [2.45, 2.75) is 32.1 Å². The van der Waals surface area contributed by atoms with Crippen molar-refractivity contribution in [3.63, 3.8) is 0 Å². The number of rotatable bonds is 9. The van der Waals surface area contributed by atoms with E-state index in [1.807, 2.05) is 12.3 Å². The van der Waals surface area contributed by atoms with Crippen LogP contribution in [0.3, 0.4) is 0 Å². The summed E-state index contributed by atoms with van der Waals surface area (Å²) >= 11 is 0. The Balaban J connectivity index is 0.00000220. The molecule has 1 aromatic heterocycles. The number of halogens is 2. The zero-order chi connectivity index (χ0) is 14.2. The minimum atomic E-state index is 0. The molecule has 0 amide bonds. The van der Waals surface area contributed by atoms with Gasteiger partial charge < -0.3 is 21.2 Å². The smallest absolute Gasteiger partial charge is 0.120 e. The first-order valence-corrected chi connectivity index (χ1v) is 7.48. The molecule has 22 heavy (non-hydrogen) atoms. The number of hydrogen-bond donors (Lipinski definition) is 3. The van der Waals surface area contributed by atoms with Crippen molar-refractivity contribution in [3.8, 4) is 5.75 Å². The lowest BCUT2D eigenvalue weighted by molar-refractivity contribution is 0.305. The summed E-state index contributed by atoms with van der Waals surface area (Å²) in [5.74, 6) is 0.939. The summed E-state index contributed by atoms with van der Waals surface area (Å²) in [7, 11) is 0. The van der Waals surface area contributed by atoms with Gasteiger partial charge in [-0.2, -0.15) is 0 Å². The molecule has 1 heterocycles. The lowest BCUT2D eigenvalue weighted by Gasteiger charge is -2.06. The van der Waals surface area contributed by atoms with E-state index in [1.165, 1.54) is 23.8 Å². The zero-order valence-corrected chi connectivity index (χ0v) is 14.5. The summed E-state index contributed by atoms with van der Waals surface area (Å²) in [6.45, 7) is 2.22. The van der Waals surface area contributed by atoms with Gasteiger partial charge in [0.1, 0.15) is 5.75 Å². The highest BCUT2D eigenvalue weighted by Gasteiger charge is 2.04. The second-order valence-electron chi connectivity index (χ2n) is 5.11. The third kappa shape index (κ3) is 6.05. The van der Waals surface area contributed by atoms with Crippen molar-refractivity contribution in [1.29, 1.82) is 0 Å². The van der Waals surface area contributed by atoms with E-state index < -0.39 is 0 Å². The van der Waals surface area contributed by atoms with Crippen LogP contribution in [-0.4, -0.2) is 24.7 Å². The summed E-state index contributed by atoms with van der Waals surface area (Å²) in [6, 6.07) is 6.20. The molecule has 0 saturated heterocycles. The van der Waals surface area contributed by atoms with Gasteiger partial charge in [-0.1, -0.05) is 12.8 Å². The van der Waals surface area contributed by atoms with Gasteiger partial charge in [0.2, 0.25) is 0 Å². The second kappa shape index (κ2) is 11.6. The molecule has 0 spiro atoms. The summed E-state index contributed by atoms with van der Waals surface area (Å²) in [6.07, 6.45) is 7.49. The molecule has 0 bridgehead atoms. The summed E-state index contributed by atoms with van der Waals surface area (Å²) in [4.78, 5) is 3.27. The van der Waals surface area contributed by atoms with Crippen LogP contribution >= 0.6 is 24.8 Å². The Morgan fingerprint density at radius 1 is 0.955 bits per heavy atom. The van der Waals surface area contributed by atoms with Gasteiger partial charge in [0.15, 0.2) is 0 Å². The number of benzene rings is 1. The quantitative estimate of drug-likeness (QED) is 0.608. The van der Waals surface area contributed by atoms with E-state index >= 15 is 0 Å². The van der Waals surface area contributed by atoms with Crippen LogP contribution in [0.15, 0.2) is 24.4 Å². The minimum Gasteiger partial charge on any atom is -0.494 e. The van der Waals surface area contributed by atoms with Crippen LogP contribution in [0.2, 0.25) is 0 Å². The number of nitrogens with two attached hydrogens (primary N) is 2. The van der Waals surface area contributed by atoms with Gasteiger partial charge in [-0.3, -0.25) is 0 Å². The molecule has 0 unspecified atom stereocenters. The van der Waals surface area contributed by atoms with Crippen molar-refractivity contribution in [1.82, 2.24) is 4.98 Å². The number of aromatic amines is 1. The Kier molecular flexibility index (Phi) is 11.1. The third-order valence-electron chi connectivity index (χ3n) is 3.52. The topological polar surface area (TPSA) is 77.1 Å². The van der Waals surface area contributed by atoms with Crippen molar-refractivity contribution in [2.75, 3.05) is 19.7 Å². The molecule has 5 N–H and O–H groups in total. The van der Waals surface area contributed by atoms with Crippen molar-refractivity contribution >= 4 is 35.7 Å². The van der Waals surface area contributed by atoms with Crippen LogP contribution in [0, 0.1) is 0 Å². The van der Waals surface area contributed by atoms with Crippen LogP contribution < -0.4 is 16.2 Å². The largest absolute Gasteiger partial charge is 0.494 e. The highest BCUT2D eigenvalue weighted by Crippen LogP contribution is 2.24. The first kappa shape index (κ1) is 21.1. The van der Waals surface area contributed by atoms with Gasteiger partial charge in [-0.25, -0.2) is 0 Å².